The van der Waals surface area contributed by atoms with Crippen LogP contribution in [0.1, 0.15) is 52.4 Å². The lowest BCUT2D eigenvalue weighted by Gasteiger charge is -2.42. The summed E-state index contributed by atoms with van der Waals surface area (Å²) in [6.45, 7) is 3.50. The van der Waals surface area contributed by atoms with Crippen LogP contribution >= 0.6 is 0 Å². The van der Waals surface area contributed by atoms with Gasteiger partial charge in [-0.3, -0.25) is 4.79 Å². The molecule has 7 heteroatoms. The molecule has 136 valence electrons. The Morgan fingerprint density at radius 1 is 1.13 bits per heavy atom. The molecule has 4 N–H and O–H groups in total. The van der Waals surface area contributed by atoms with Gasteiger partial charge in [-0.2, -0.15) is 0 Å². The topological polar surface area (TPSA) is 108 Å². The Labute approximate surface area is 138 Å². The minimum Gasteiger partial charge on any atom is -0.394 e. The summed E-state index contributed by atoms with van der Waals surface area (Å²) in [7, 11) is 0. The minimum atomic E-state index is -1.27. The van der Waals surface area contributed by atoms with E-state index in [2.05, 4.69) is 12.2 Å². The van der Waals surface area contributed by atoms with Crippen LogP contribution in [0.25, 0.3) is 0 Å². The summed E-state index contributed by atoms with van der Waals surface area (Å²) in [6, 6.07) is -0.856. The van der Waals surface area contributed by atoms with Crippen molar-refractivity contribution in [2.45, 2.75) is 83.0 Å². The van der Waals surface area contributed by atoms with Gasteiger partial charge in [0, 0.05) is 13.5 Å². The molecule has 0 aromatic carbocycles. The first kappa shape index (κ1) is 20.3. The van der Waals surface area contributed by atoms with Gasteiger partial charge in [0.15, 0.2) is 6.29 Å². The van der Waals surface area contributed by atoms with Crippen molar-refractivity contribution in [1.82, 2.24) is 5.32 Å². The third-order valence-electron chi connectivity index (χ3n) is 4.03. The van der Waals surface area contributed by atoms with E-state index in [1.165, 1.54) is 26.2 Å². The summed E-state index contributed by atoms with van der Waals surface area (Å²) >= 11 is 0. The number of carbonyl (C=O) groups excluding carboxylic acids is 1. The molecule has 0 spiro atoms. The zero-order chi connectivity index (χ0) is 17.2. The van der Waals surface area contributed by atoms with E-state index in [1.807, 2.05) is 0 Å². The van der Waals surface area contributed by atoms with Crippen LogP contribution in [0.2, 0.25) is 0 Å². The number of ether oxygens (including phenoxy) is 2. The number of rotatable bonds is 10. The van der Waals surface area contributed by atoms with Crippen LogP contribution < -0.4 is 5.32 Å². The predicted octanol–water partition coefficient (Wildman–Crippen LogP) is 0.307. The molecule has 1 amide bonds. The predicted molar refractivity (Wildman–Crippen MR) is 84.7 cm³/mol. The highest BCUT2D eigenvalue weighted by Crippen LogP contribution is 2.22. The van der Waals surface area contributed by atoms with Gasteiger partial charge in [0.2, 0.25) is 5.91 Å². The lowest BCUT2D eigenvalue weighted by atomic mass is 9.97. The van der Waals surface area contributed by atoms with Crippen LogP contribution in [0.15, 0.2) is 0 Å². The van der Waals surface area contributed by atoms with Crippen molar-refractivity contribution in [2.24, 2.45) is 0 Å². The molecule has 1 aliphatic rings. The van der Waals surface area contributed by atoms with Crippen LogP contribution in [-0.2, 0) is 14.3 Å². The maximum atomic E-state index is 11.3. The fourth-order valence-electron chi connectivity index (χ4n) is 2.69. The molecular formula is C16H31NO6. The molecule has 1 heterocycles. The minimum absolute atomic E-state index is 0.347. The Morgan fingerprint density at radius 2 is 1.78 bits per heavy atom. The highest BCUT2D eigenvalue weighted by Gasteiger charge is 2.45. The van der Waals surface area contributed by atoms with Crippen LogP contribution in [0, 0.1) is 0 Å². The Morgan fingerprint density at radius 3 is 2.39 bits per heavy atom. The summed E-state index contributed by atoms with van der Waals surface area (Å²) in [4.78, 5) is 11.3. The Kier molecular flexibility index (Phi) is 9.66. The SMILES string of the molecule is CCCCCCCCO[C@H]1O[C@H](CO)[C@@H](O)[C@H](O)[C@@H]1NC(C)=O. The number of hydrogen-bond donors (Lipinski definition) is 4. The van der Waals surface area contributed by atoms with Crippen molar-refractivity contribution >= 4 is 5.91 Å². The molecule has 0 unspecified atom stereocenters. The average molecular weight is 333 g/mol. The zero-order valence-corrected chi connectivity index (χ0v) is 14.1. The molecule has 0 bridgehead atoms. The van der Waals surface area contributed by atoms with E-state index in [1.54, 1.807) is 0 Å². The first-order chi connectivity index (χ1) is 11.0. The van der Waals surface area contributed by atoms with Gasteiger partial charge in [0.25, 0.3) is 0 Å². The fraction of sp³-hybridized carbons (Fsp3) is 0.938. The van der Waals surface area contributed by atoms with E-state index in [-0.39, 0.29) is 5.91 Å². The number of hydrogen-bond acceptors (Lipinski definition) is 6. The molecule has 1 aliphatic heterocycles. The van der Waals surface area contributed by atoms with E-state index >= 15 is 0 Å². The summed E-state index contributed by atoms with van der Waals surface area (Å²) in [5.41, 5.74) is 0. The van der Waals surface area contributed by atoms with E-state index in [9.17, 15) is 20.1 Å². The second kappa shape index (κ2) is 10.9. The summed E-state index contributed by atoms with van der Waals surface area (Å²) in [5, 5.41) is 31.8. The van der Waals surface area contributed by atoms with Crippen molar-refractivity contribution < 1.29 is 29.6 Å². The normalized spacial score (nSPS) is 31.1. The number of aliphatic hydroxyl groups is 3. The van der Waals surface area contributed by atoms with E-state index in [0.717, 1.165) is 19.3 Å². The van der Waals surface area contributed by atoms with E-state index in [4.69, 9.17) is 9.47 Å². The average Bonchev–Trinajstić information content (AvgIpc) is 2.52. The van der Waals surface area contributed by atoms with Gasteiger partial charge in [0.1, 0.15) is 24.4 Å². The Hall–Kier alpha value is -0.730. The molecule has 0 radical (unpaired) electrons. The smallest absolute Gasteiger partial charge is 0.217 e. The van der Waals surface area contributed by atoms with Gasteiger partial charge in [-0.05, 0) is 6.42 Å². The highest BCUT2D eigenvalue weighted by atomic mass is 16.7. The summed E-state index contributed by atoms with van der Waals surface area (Å²) in [5.74, 6) is -0.347. The third-order valence-corrected chi connectivity index (χ3v) is 4.03. The summed E-state index contributed by atoms with van der Waals surface area (Å²) in [6.07, 6.45) is 2.37. The lowest BCUT2D eigenvalue weighted by molar-refractivity contribution is -0.270. The number of nitrogens with one attached hydrogen (secondary N) is 1. The maximum Gasteiger partial charge on any atom is 0.217 e. The number of carbonyl (C=O) groups is 1. The van der Waals surface area contributed by atoms with Crippen molar-refractivity contribution in [3.63, 3.8) is 0 Å². The number of amides is 1. The molecule has 0 saturated carbocycles. The Balaban J connectivity index is 2.45. The molecule has 7 nitrogen and oxygen atoms in total. The van der Waals surface area contributed by atoms with E-state index in [0.29, 0.717) is 6.61 Å². The molecule has 0 aromatic heterocycles. The second-order valence-corrected chi connectivity index (χ2v) is 6.07. The van der Waals surface area contributed by atoms with Crippen LogP contribution in [0.4, 0.5) is 0 Å². The molecule has 0 aliphatic carbocycles. The summed E-state index contributed by atoms with van der Waals surface area (Å²) < 4.78 is 11.1. The van der Waals surface area contributed by atoms with E-state index < -0.39 is 37.3 Å². The van der Waals surface area contributed by atoms with Gasteiger partial charge >= 0.3 is 0 Å². The maximum absolute atomic E-state index is 11.3. The van der Waals surface area contributed by atoms with Gasteiger partial charge in [-0.1, -0.05) is 39.0 Å². The zero-order valence-electron chi connectivity index (χ0n) is 14.1. The molecular weight excluding hydrogens is 302 g/mol. The lowest BCUT2D eigenvalue weighted by Crippen LogP contribution is -2.64. The molecule has 5 atom stereocenters. The number of unbranched alkanes of at least 4 members (excludes halogenated alkanes) is 5. The van der Waals surface area contributed by atoms with Gasteiger partial charge < -0.3 is 30.1 Å². The standard InChI is InChI=1S/C16H31NO6/c1-3-4-5-6-7-8-9-22-16-13(17-11(2)19)15(21)14(20)12(10-18)23-16/h12-16,18,20-21H,3-10H2,1-2H3,(H,17,19)/t12-,13+,14-,15-,16+/m1/s1. The van der Waals surface area contributed by atoms with Crippen molar-refractivity contribution in [3.05, 3.63) is 0 Å². The molecule has 1 rings (SSSR count). The largest absolute Gasteiger partial charge is 0.394 e. The Bertz CT molecular complexity index is 341. The van der Waals surface area contributed by atoms with Crippen LogP contribution in [0.5, 0.6) is 0 Å². The first-order valence-electron chi connectivity index (χ1n) is 8.52. The number of aliphatic hydroxyl groups excluding tert-OH is 3. The highest BCUT2D eigenvalue weighted by molar-refractivity contribution is 5.73. The van der Waals surface area contributed by atoms with Gasteiger partial charge in [-0.25, -0.2) is 0 Å². The molecule has 23 heavy (non-hydrogen) atoms. The third kappa shape index (κ3) is 6.73. The fourth-order valence-corrected chi connectivity index (χ4v) is 2.69. The molecule has 0 aromatic rings. The van der Waals surface area contributed by atoms with Crippen LogP contribution in [-0.4, -0.2) is 65.1 Å². The van der Waals surface area contributed by atoms with Gasteiger partial charge in [-0.15, -0.1) is 0 Å². The van der Waals surface area contributed by atoms with Gasteiger partial charge in [0.05, 0.1) is 6.61 Å². The quantitative estimate of drug-likeness (QED) is 0.429. The second-order valence-electron chi connectivity index (χ2n) is 6.07. The van der Waals surface area contributed by atoms with Crippen molar-refractivity contribution in [1.29, 1.82) is 0 Å². The van der Waals surface area contributed by atoms with Crippen molar-refractivity contribution in [3.8, 4) is 0 Å². The molecule has 1 saturated heterocycles. The molecule has 1 fully saturated rings. The first-order valence-corrected chi connectivity index (χ1v) is 8.52. The van der Waals surface area contributed by atoms with Crippen molar-refractivity contribution in [2.75, 3.05) is 13.2 Å². The van der Waals surface area contributed by atoms with Crippen LogP contribution in [0.3, 0.4) is 0 Å². The monoisotopic (exact) mass is 333 g/mol.